The van der Waals surface area contributed by atoms with Gasteiger partial charge in [-0.15, -0.1) is 0 Å². The summed E-state index contributed by atoms with van der Waals surface area (Å²) in [6, 6.07) is 0. The minimum atomic E-state index is 1.01. The molecule has 0 saturated carbocycles. The predicted molar refractivity (Wildman–Crippen MR) is 89.2 cm³/mol. The molecular weight excluding hydrogens is 228 g/mol. The van der Waals surface area contributed by atoms with Crippen molar-refractivity contribution in [1.82, 2.24) is 0 Å². The lowest BCUT2D eigenvalue weighted by molar-refractivity contribution is 1.28. The molecule has 0 heterocycles. The van der Waals surface area contributed by atoms with Gasteiger partial charge in [-0.1, -0.05) is 84.1 Å². The smallest absolute Gasteiger partial charge is 0.0164 e. The van der Waals surface area contributed by atoms with E-state index in [0.717, 1.165) is 6.42 Å². The number of hydrogen-bond donors (Lipinski definition) is 0. The van der Waals surface area contributed by atoms with Crippen LogP contribution in [-0.4, -0.2) is 0 Å². The number of hydrogen-bond acceptors (Lipinski definition) is 0. The molecule has 0 heteroatoms. The SMILES string of the molecule is CC(C)=C/C=C/C=C/C=C/C=C/C=C/CC=C(C)C. The minimum absolute atomic E-state index is 1.01. The average Bonchev–Trinajstić information content (AvgIpc) is 2.34. The fourth-order valence-corrected chi connectivity index (χ4v) is 1.16. The van der Waals surface area contributed by atoms with Crippen molar-refractivity contribution in [2.75, 3.05) is 0 Å². The van der Waals surface area contributed by atoms with E-state index < -0.39 is 0 Å². The second-order valence-electron chi connectivity index (χ2n) is 4.73. The Balaban J connectivity index is 3.85. The Morgan fingerprint density at radius 1 is 0.579 bits per heavy atom. The maximum absolute atomic E-state index is 2.21. The van der Waals surface area contributed by atoms with E-state index in [9.17, 15) is 0 Å². The van der Waals surface area contributed by atoms with Gasteiger partial charge in [0.15, 0.2) is 0 Å². The molecule has 0 N–H and O–H groups in total. The molecule has 0 atom stereocenters. The molecule has 0 spiro atoms. The van der Waals surface area contributed by atoms with Crippen LogP contribution in [0.15, 0.2) is 84.1 Å². The van der Waals surface area contributed by atoms with E-state index in [1.54, 1.807) is 0 Å². The van der Waals surface area contributed by atoms with Gasteiger partial charge in [-0.2, -0.15) is 0 Å². The van der Waals surface area contributed by atoms with E-state index in [1.807, 2.05) is 48.6 Å². The molecule has 0 rings (SSSR count). The average molecular weight is 254 g/mol. The van der Waals surface area contributed by atoms with Gasteiger partial charge in [-0.25, -0.2) is 0 Å². The zero-order valence-electron chi connectivity index (χ0n) is 12.6. The highest BCUT2D eigenvalue weighted by molar-refractivity contribution is 5.20. The molecule has 0 aliphatic carbocycles. The first-order valence-corrected chi connectivity index (χ1v) is 6.73. The monoisotopic (exact) mass is 254 g/mol. The third-order valence-corrected chi connectivity index (χ3v) is 2.12. The van der Waals surface area contributed by atoms with Crippen molar-refractivity contribution < 1.29 is 0 Å². The Morgan fingerprint density at radius 3 is 1.53 bits per heavy atom. The first kappa shape index (κ1) is 17.2. The highest BCUT2D eigenvalue weighted by atomic mass is 13.8. The van der Waals surface area contributed by atoms with Crippen LogP contribution in [0.2, 0.25) is 0 Å². The van der Waals surface area contributed by atoms with E-state index in [2.05, 4.69) is 52.0 Å². The maximum atomic E-state index is 2.21. The first-order chi connectivity index (χ1) is 9.13. The first-order valence-electron chi connectivity index (χ1n) is 6.73. The topological polar surface area (TPSA) is 0 Å². The molecule has 0 nitrogen and oxygen atoms in total. The van der Waals surface area contributed by atoms with Gasteiger partial charge < -0.3 is 0 Å². The van der Waals surface area contributed by atoms with Crippen LogP contribution in [-0.2, 0) is 0 Å². The third-order valence-electron chi connectivity index (χ3n) is 2.12. The Hall–Kier alpha value is -1.82. The lowest BCUT2D eigenvalue weighted by Gasteiger charge is -1.84. The van der Waals surface area contributed by atoms with Gasteiger partial charge >= 0.3 is 0 Å². The highest BCUT2D eigenvalue weighted by Crippen LogP contribution is 1.94. The van der Waals surface area contributed by atoms with Gasteiger partial charge in [0.2, 0.25) is 0 Å². The zero-order chi connectivity index (χ0) is 14.3. The fraction of sp³-hybridized carbons (Fsp3) is 0.263. The fourth-order valence-electron chi connectivity index (χ4n) is 1.16. The Labute approximate surface area is 118 Å². The van der Waals surface area contributed by atoms with Crippen molar-refractivity contribution in [2.24, 2.45) is 0 Å². The van der Waals surface area contributed by atoms with Crippen molar-refractivity contribution in [2.45, 2.75) is 34.1 Å². The highest BCUT2D eigenvalue weighted by Gasteiger charge is 1.73. The van der Waals surface area contributed by atoms with Crippen LogP contribution in [0.1, 0.15) is 34.1 Å². The molecule has 0 unspecified atom stereocenters. The summed E-state index contributed by atoms with van der Waals surface area (Å²) in [5, 5.41) is 0. The molecule has 0 amide bonds. The molecule has 0 aromatic carbocycles. The van der Waals surface area contributed by atoms with Gasteiger partial charge in [0, 0.05) is 0 Å². The van der Waals surface area contributed by atoms with Crippen LogP contribution >= 0.6 is 0 Å². The van der Waals surface area contributed by atoms with E-state index >= 15 is 0 Å². The largest absolute Gasteiger partial charge is 0.0821 e. The number of rotatable bonds is 7. The van der Waals surface area contributed by atoms with E-state index in [4.69, 9.17) is 0 Å². The van der Waals surface area contributed by atoms with Crippen LogP contribution in [0.3, 0.4) is 0 Å². The Morgan fingerprint density at radius 2 is 1.05 bits per heavy atom. The summed E-state index contributed by atoms with van der Waals surface area (Å²) in [6.07, 6.45) is 25.8. The van der Waals surface area contributed by atoms with Crippen molar-refractivity contribution >= 4 is 0 Å². The summed E-state index contributed by atoms with van der Waals surface area (Å²) in [6.45, 7) is 8.41. The number of allylic oxidation sites excluding steroid dienone is 14. The second-order valence-corrected chi connectivity index (χ2v) is 4.73. The Kier molecular flexibility index (Phi) is 11.4. The predicted octanol–water partition coefficient (Wildman–Crippen LogP) is 6.09. The summed E-state index contributed by atoms with van der Waals surface area (Å²) in [5.41, 5.74) is 2.67. The third kappa shape index (κ3) is 16.2. The van der Waals surface area contributed by atoms with Crippen LogP contribution < -0.4 is 0 Å². The minimum Gasteiger partial charge on any atom is -0.0821 e. The normalized spacial score (nSPS) is 12.4. The molecule has 19 heavy (non-hydrogen) atoms. The maximum Gasteiger partial charge on any atom is -0.0164 e. The molecule has 0 aromatic heterocycles. The summed E-state index contributed by atoms with van der Waals surface area (Å²) in [5.74, 6) is 0. The quantitative estimate of drug-likeness (QED) is 0.381. The molecule has 0 radical (unpaired) electrons. The van der Waals surface area contributed by atoms with Crippen LogP contribution in [0.25, 0.3) is 0 Å². The van der Waals surface area contributed by atoms with Gasteiger partial charge in [0.25, 0.3) is 0 Å². The molecule has 0 bridgehead atoms. The van der Waals surface area contributed by atoms with E-state index in [-0.39, 0.29) is 0 Å². The van der Waals surface area contributed by atoms with Gasteiger partial charge in [-0.05, 0) is 34.1 Å². The Bertz CT molecular complexity index is 413. The lowest BCUT2D eigenvalue weighted by Crippen LogP contribution is -1.62. The molecule has 0 fully saturated rings. The summed E-state index contributed by atoms with van der Waals surface area (Å²) < 4.78 is 0. The van der Waals surface area contributed by atoms with Crippen molar-refractivity contribution in [3.8, 4) is 0 Å². The second kappa shape index (κ2) is 12.6. The van der Waals surface area contributed by atoms with Crippen molar-refractivity contribution in [3.63, 3.8) is 0 Å². The zero-order valence-corrected chi connectivity index (χ0v) is 12.6. The van der Waals surface area contributed by atoms with Crippen molar-refractivity contribution in [1.29, 1.82) is 0 Å². The lowest BCUT2D eigenvalue weighted by atomic mass is 10.2. The molecular formula is C19H26. The van der Waals surface area contributed by atoms with Gasteiger partial charge in [0.1, 0.15) is 0 Å². The molecule has 0 aliphatic heterocycles. The molecule has 0 saturated heterocycles. The standard InChI is InChI=1S/C19H26/c1-18(2)16-14-12-10-8-6-5-7-9-11-13-15-17-19(3)4/h5-14,16-17H,15H2,1-4H3/b6-5+,9-7+,10-8+,13-11+,14-12+. The van der Waals surface area contributed by atoms with E-state index in [1.165, 1.54) is 11.1 Å². The molecule has 0 aliphatic rings. The van der Waals surface area contributed by atoms with E-state index in [0.29, 0.717) is 0 Å². The summed E-state index contributed by atoms with van der Waals surface area (Å²) in [4.78, 5) is 0. The van der Waals surface area contributed by atoms with Gasteiger partial charge in [0.05, 0.1) is 0 Å². The van der Waals surface area contributed by atoms with Gasteiger partial charge in [-0.3, -0.25) is 0 Å². The molecule has 0 aromatic rings. The van der Waals surface area contributed by atoms with Crippen LogP contribution in [0.4, 0.5) is 0 Å². The van der Waals surface area contributed by atoms with Crippen LogP contribution in [0.5, 0.6) is 0 Å². The van der Waals surface area contributed by atoms with Crippen LogP contribution in [0, 0.1) is 0 Å². The molecule has 102 valence electrons. The van der Waals surface area contributed by atoms with Crippen molar-refractivity contribution in [3.05, 3.63) is 84.1 Å². The summed E-state index contributed by atoms with van der Waals surface area (Å²) in [7, 11) is 0. The summed E-state index contributed by atoms with van der Waals surface area (Å²) >= 11 is 0.